The number of aromatic amines is 1. The molecule has 1 atom stereocenters. The first-order valence-corrected chi connectivity index (χ1v) is 7.29. The summed E-state index contributed by atoms with van der Waals surface area (Å²) in [5.41, 5.74) is 1.98. The van der Waals surface area contributed by atoms with Crippen molar-refractivity contribution in [1.29, 1.82) is 0 Å². The van der Waals surface area contributed by atoms with E-state index >= 15 is 0 Å². The zero-order valence-electron chi connectivity index (χ0n) is 14.2. The third-order valence-corrected chi connectivity index (χ3v) is 3.21. The van der Waals surface area contributed by atoms with E-state index in [1.165, 1.54) is 0 Å². The van der Waals surface area contributed by atoms with E-state index in [0.717, 1.165) is 17.7 Å². The van der Waals surface area contributed by atoms with E-state index in [9.17, 15) is 4.79 Å². The van der Waals surface area contributed by atoms with Gasteiger partial charge >= 0.3 is 0 Å². The minimum absolute atomic E-state index is 0. The second kappa shape index (κ2) is 7.61. The minimum Gasteiger partial charge on any atom is -0.308 e. The summed E-state index contributed by atoms with van der Waals surface area (Å²) in [5.74, 6) is 0.373. The monoisotopic (exact) mass is 340 g/mol. The maximum Gasteiger partial charge on any atom is 0.247 e. The predicted molar refractivity (Wildman–Crippen MR) is 92.6 cm³/mol. The normalized spacial score (nSPS) is 12.6. The summed E-state index contributed by atoms with van der Waals surface area (Å²) >= 11 is 0. The molecule has 0 spiro atoms. The molecule has 0 aliphatic rings. The highest BCUT2D eigenvalue weighted by Gasteiger charge is 2.21. The molecule has 3 N–H and O–H groups in total. The summed E-state index contributed by atoms with van der Waals surface area (Å²) in [6.45, 7) is 6.47. The molecule has 0 bridgehead atoms. The summed E-state index contributed by atoms with van der Waals surface area (Å²) in [6, 6.07) is 1.41. The van der Waals surface area contributed by atoms with Gasteiger partial charge in [-0.15, -0.1) is 12.4 Å². The van der Waals surface area contributed by atoms with E-state index in [1.54, 1.807) is 17.9 Å². The van der Waals surface area contributed by atoms with Gasteiger partial charge in [-0.2, -0.15) is 10.2 Å². The molecule has 0 fully saturated rings. The molecule has 1 amide bonds. The SMILES string of the molecule is CNC(C(=O)Nc1cc(CC(C)(C)C)[nH]n1)c1cnn(C)c1.Cl. The Balaban J connectivity index is 0.00000264. The summed E-state index contributed by atoms with van der Waals surface area (Å²) in [7, 11) is 3.56. The lowest BCUT2D eigenvalue weighted by atomic mass is 9.91. The smallest absolute Gasteiger partial charge is 0.247 e. The number of aryl methyl sites for hydroxylation is 1. The van der Waals surface area contributed by atoms with Gasteiger partial charge in [0, 0.05) is 30.6 Å². The van der Waals surface area contributed by atoms with Crippen LogP contribution in [0.1, 0.15) is 38.1 Å². The third-order valence-electron chi connectivity index (χ3n) is 3.21. The molecule has 0 aliphatic heterocycles. The van der Waals surface area contributed by atoms with E-state index in [-0.39, 0.29) is 23.7 Å². The van der Waals surface area contributed by atoms with Crippen LogP contribution in [0.2, 0.25) is 0 Å². The fourth-order valence-electron chi connectivity index (χ4n) is 2.32. The molecule has 0 saturated carbocycles. The molecule has 0 aromatic carbocycles. The first kappa shape index (κ1) is 19.2. The van der Waals surface area contributed by atoms with Crippen molar-refractivity contribution in [2.45, 2.75) is 33.2 Å². The topological polar surface area (TPSA) is 87.6 Å². The molecule has 0 aliphatic carbocycles. The molecule has 2 aromatic heterocycles. The maximum atomic E-state index is 12.4. The number of hydrogen-bond donors (Lipinski definition) is 3. The number of hydrogen-bond acceptors (Lipinski definition) is 4. The average molecular weight is 341 g/mol. The minimum atomic E-state index is -0.462. The second-order valence-electron chi connectivity index (χ2n) is 6.67. The molecule has 2 aromatic rings. The van der Waals surface area contributed by atoms with Gasteiger partial charge < -0.3 is 10.6 Å². The average Bonchev–Trinajstić information content (AvgIpc) is 2.98. The maximum absolute atomic E-state index is 12.4. The Hall–Kier alpha value is -1.86. The van der Waals surface area contributed by atoms with Crippen molar-refractivity contribution >= 4 is 24.1 Å². The number of likely N-dealkylation sites (N-methyl/N-ethyl adjacent to an activating group) is 1. The first-order valence-electron chi connectivity index (χ1n) is 7.29. The van der Waals surface area contributed by atoms with Crippen molar-refractivity contribution < 1.29 is 4.79 Å². The number of carbonyl (C=O) groups excluding carboxylic acids is 1. The first-order chi connectivity index (χ1) is 10.3. The van der Waals surface area contributed by atoms with E-state index in [1.807, 2.05) is 19.3 Å². The summed E-state index contributed by atoms with van der Waals surface area (Å²) < 4.78 is 1.67. The Kier molecular flexibility index (Phi) is 6.35. The standard InChI is InChI=1S/C15H24N6O.ClH/c1-15(2,3)7-11-6-12(20-19-11)18-14(22)13(16-4)10-8-17-21(5)9-10;/h6,8-9,13,16H,7H2,1-5H3,(H2,18,19,20,22);1H. The molecular formula is C15H25ClN6O. The number of rotatable bonds is 5. The van der Waals surface area contributed by atoms with Gasteiger partial charge in [-0.25, -0.2) is 0 Å². The molecule has 23 heavy (non-hydrogen) atoms. The number of anilines is 1. The Morgan fingerprint density at radius 2 is 2.13 bits per heavy atom. The van der Waals surface area contributed by atoms with Crippen molar-refractivity contribution in [3.8, 4) is 0 Å². The molecule has 0 saturated heterocycles. The van der Waals surface area contributed by atoms with Gasteiger partial charge in [-0.05, 0) is 18.9 Å². The Morgan fingerprint density at radius 3 is 2.65 bits per heavy atom. The lowest BCUT2D eigenvalue weighted by molar-refractivity contribution is -0.118. The largest absolute Gasteiger partial charge is 0.308 e. The quantitative estimate of drug-likeness (QED) is 0.777. The molecule has 7 nitrogen and oxygen atoms in total. The second-order valence-corrected chi connectivity index (χ2v) is 6.67. The van der Waals surface area contributed by atoms with Crippen molar-refractivity contribution in [2.24, 2.45) is 12.5 Å². The Labute approximate surface area is 142 Å². The number of carbonyl (C=O) groups is 1. The number of nitrogens with zero attached hydrogens (tertiary/aromatic N) is 3. The number of nitrogens with one attached hydrogen (secondary N) is 3. The van der Waals surface area contributed by atoms with Gasteiger partial charge in [0.2, 0.25) is 5.91 Å². The number of aromatic nitrogens is 4. The Morgan fingerprint density at radius 1 is 1.43 bits per heavy atom. The van der Waals surface area contributed by atoms with Crippen LogP contribution >= 0.6 is 12.4 Å². The van der Waals surface area contributed by atoms with Crippen LogP contribution in [-0.4, -0.2) is 32.9 Å². The molecule has 2 heterocycles. The highest BCUT2D eigenvalue weighted by Crippen LogP contribution is 2.21. The van der Waals surface area contributed by atoms with Gasteiger partial charge in [0.15, 0.2) is 5.82 Å². The van der Waals surface area contributed by atoms with Crippen molar-refractivity contribution in [3.05, 3.63) is 29.7 Å². The van der Waals surface area contributed by atoms with Crippen LogP contribution in [0.3, 0.4) is 0 Å². The van der Waals surface area contributed by atoms with Crippen LogP contribution in [0, 0.1) is 5.41 Å². The highest BCUT2D eigenvalue weighted by atomic mass is 35.5. The van der Waals surface area contributed by atoms with E-state index in [0.29, 0.717) is 5.82 Å². The van der Waals surface area contributed by atoms with Crippen molar-refractivity contribution in [2.75, 3.05) is 12.4 Å². The van der Waals surface area contributed by atoms with Crippen molar-refractivity contribution in [1.82, 2.24) is 25.3 Å². The van der Waals surface area contributed by atoms with Gasteiger partial charge in [0.1, 0.15) is 6.04 Å². The lowest BCUT2D eigenvalue weighted by Crippen LogP contribution is -2.30. The van der Waals surface area contributed by atoms with Crippen molar-refractivity contribution in [3.63, 3.8) is 0 Å². The van der Waals surface area contributed by atoms with Crippen LogP contribution in [0.4, 0.5) is 5.82 Å². The highest BCUT2D eigenvalue weighted by molar-refractivity contribution is 5.94. The zero-order chi connectivity index (χ0) is 16.3. The van der Waals surface area contributed by atoms with Gasteiger partial charge in [0.25, 0.3) is 0 Å². The molecular weight excluding hydrogens is 316 g/mol. The van der Waals surface area contributed by atoms with Crippen LogP contribution < -0.4 is 10.6 Å². The van der Waals surface area contributed by atoms with Gasteiger partial charge in [-0.3, -0.25) is 14.6 Å². The van der Waals surface area contributed by atoms with Crippen LogP contribution in [-0.2, 0) is 18.3 Å². The molecule has 1 unspecified atom stereocenters. The van der Waals surface area contributed by atoms with Crippen LogP contribution in [0.15, 0.2) is 18.5 Å². The van der Waals surface area contributed by atoms with Crippen LogP contribution in [0.5, 0.6) is 0 Å². The van der Waals surface area contributed by atoms with Crippen LogP contribution in [0.25, 0.3) is 0 Å². The molecule has 2 rings (SSSR count). The summed E-state index contributed by atoms with van der Waals surface area (Å²) in [4.78, 5) is 12.4. The molecule has 0 radical (unpaired) electrons. The zero-order valence-corrected chi connectivity index (χ0v) is 15.0. The van der Waals surface area contributed by atoms with Gasteiger partial charge in [-0.1, -0.05) is 20.8 Å². The number of halogens is 1. The number of H-pyrrole nitrogens is 1. The summed E-state index contributed by atoms with van der Waals surface area (Å²) in [6.07, 6.45) is 4.36. The molecule has 128 valence electrons. The Bertz CT molecular complexity index is 642. The molecule has 8 heteroatoms. The number of amides is 1. The lowest BCUT2D eigenvalue weighted by Gasteiger charge is -2.16. The van der Waals surface area contributed by atoms with E-state index in [2.05, 4.69) is 46.7 Å². The predicted octanol–water partition coefficient (Wildman–Crippen LogP) is 2.05. The van der Waals surface area contributed by atoms with Gasteiger partial charge in [0.05, 0.1) is 6.20 Å². The van der Waals surface area contributed by atoms with E-state index in [4.69, 9.17) is 0 Å². The fourth-order valence-corrected chi connectivity index (χ4v) is 2.32. The third kappa shape index (κ3) is 5.37. The summed E-state index contributed by atoms with van der Waals surface area (Å²) in [5, 5.41) is 17.0. The fraction of sp³-hybridized carbons (Fsp3) is 0.533. The van der Waals surface area contributed by atoms with E-state index < -0.39 is 6.04 Å².